The molecule has 2 N–H and O–H groups in total. The molecular formula is C85H58B11N5P2-2. The van der Waals surface area contributed by atoms with Crippen LogP contribution in [0, 0.1) is 6.92 Å². The molecule has 17 heterocycles. The number of benzene rings is 14. The zero-order chi connectivity index (χ0) is 66.5. The number of fused-ring (bicyclic) bond motifs is 24. The van der Waals surface area contributed by atoms with Gasteiger partial charge in [-0.05, 0) is 40.6 Å². The van der Waals surface area contributed by atoms with Crippen molar-refractivity contribution >= 4 is 221 Å². The molecule has 18 heteroatoms. The summed E-state index contributed by atoms with van der Waals surface area (Å²) in [6, 6.07) is 113. The Morgan fingerprint density at radius 1 is 0.311 bits per heavy atom. The van der Waals surface area contributed by atoms with Crippen LogP contribution in [-0.4, -0.2) is 85.2 Å². The number of rotatable bonds is 6. The van der Waals surface area contributed by atoms with Crippen LogP contribution < -0.4 is 69.9 Å². The number of aryl methyl sites for hydroxylation is 1. The van der Waals surface area contributed by atoms with Gasteiger partial charge >= 0.3 is 447 Å². The van der Waals surface area contributed by atoms with Gasteiger partial charge in [-0.25, -0.2) is 0 Å². The fourth-order valence-corrected chi connectivity index (χ4v) is 46.8. The van der Waals surface area contributed by atoms with E-state index < -0.39 is 12.8 Å². The van der Waals surface area contributed by atoms with Crippen LogP contribution in [0.2, 0.25) is 0 Å². The Kier molecular flexibility index (Phi) is 9.75. The molecular weight excluding hydrogens is 1270 g/mol. The molecule has 103 heavy (non-hydrogen) atoms. The van der Waals surface area contributed by atoms with Crippen LogP contribution in [0.5, 0.6) is 0 Å². The third kappa shape index (κ3) is 5.96. The molecule has 0 amide bonds. The Morgan fingerprint density at radius 3 is 1.31 bits per heavy atom. The molecule has 8 fully saturated rings. The molecule has 14 aromatic carbocycles. The van der Waals surface area contributed by atoms with Crippen molar-refractivity contribution in [3.63, 3.8) is 0 Å². The third-order valence-electron chi connectivity index (χ3n) is 30.3. The van der Waals surface area contributed by atoms with Crippen LogP contribution in [0.4, 0.5) is 11.4 Å². The predicted octanol–water partition coefficient (Wildman–Crippen LogP) is 10.2. The zero-order valence-electron chi connectivity index (χ0n) is 57.2. The van der Waals surface area contributed by atoms with Crippen molar-refractivity contribution in [1.82, 2.24) is 13.7 Å². The quantitative estimate of drug-likeness (QED) is 0.129. The molecule has 31 rings (SSSR count). The van der Waals surface area contributed by atoms with Crippen molar-refractivity contribution in [2.24, 2.45) is 0 Å². The summed E-state index contributed by atoms with van der Waals surface area (Å²) in [6.45, 7) is 3.24. The summed E-state index contributed by atoms with van der Waals surface area (Å²) in [5.41, 5.74) is 38.1. The summed E-state index contributed by atoms with van der Waals surface area (Å²) in [5.74, 6) is 0. The van der Waals surface area contributed by atoms with Crippen LogP contribution >= 0.6 is 12.8 Å². The molecule has 0 unspecified atom stereocenters. The molecule has 14 aliphatic heterocycles. The van der Waals surface area contributed by atoms with E-state index >= 15 is 0 Å². The van der Waals surface area contributed by atoms with E-state index in [1.165, 1.54) is 182 Å². The van der Waals surface area contributed by atoms with E-state index in [2.05, 4.69) is 328 Å². The molecule has 0 spiro atoms. The molecule has 8 saturated heterocycles. The van der Waals surface area contributed by atoms with E-state index in [1.54, 1.807) is 10.6 Å². The van der Waals surface area contributed by atoms with Gasteiger partial charge in [0.25, 0.3) is 0 Å². The molecule has 0 atom stereocenters. The maximum atomic E-state index is 4.32. The van der Waals surface area contributed by atoms with Gasteiger partial charge in [0, 0.05) is 22.0 Å². The summed E-state index contributed by atoms with van der Waals surface area (Å²) in [6.07, 6.45) is 2.06. The number of nitrogens with one attached hydrogen (secondary N) is 2. The zero-order valence-corrected chi connectivity index (χ0v) is 59.0. The van der Waals surface area contributed by atoms with E-state index in [9.17, 15) is 0 Å². The first kappa shape index (κ1) is 55.3. The van der Waals surface area contributed by atoms with Gasteiger partial charge in [0.15, 0.2) is 0 Å². The van der Waals surface area contributed by atoms with Crippen molar-refractivity contribution in [3.05, 3.63) is 303 Å². The van der Waals surface area contributed by atoms with E-state index in [1.807, 2.05) is 0 Å². The molecule has 0 saturated carbocycles. The second-order valence-corrected chi connectivity index (χ2v) is 44.3. The number of para-hydroxylation sites is 6. The number of anilines is 2. The Hall–Kier alpha value is -10.3. The Bertz CT molecular complexity index is 6910. The van der Waals surface area contributed by atoms with Crippen molar-refractivity contribution in [2.45, 2.75) is 6.92 Å². The van der Waals surface area contributed by atoms with Crippen LogP contribution in [0.15, 0.2) is 297 Å². The topological polar surface area (TPSA) is 38.9 Å². The van der Waals surface area contributed by atoms with Gasteiger partial charge < -0.3 is 4.57 Å². The SMILES string of the molecule is Cc1ccc2c3c1-n1c4ccccc4c4cccc(c41)B3c1ccccc1-2.[BH2-]1B2B3B1P23(Nc1ccccc1)c1ccc2c(c1)c1cccc3c1n2-c1cccc2c1B3c1ccccc1-2.[BH2-]1B2B3B1P23(Nc1ccccc1)c1cccc2c1c1cccc3c1n2-c1cccc2c1B3c1ccccc1-2. The molecule has 4 bridgehead atoms. The van der Waals surface area contributed by atoms with Gasteiger partial charge in [0.1, 0.15) is 0 Å². The average molecular weight is 1330 g/mol. The van der Waals surface area contributed by atoms with Crippen molar-refractivity contribution in [3.8, 4) is 50.4 Å². The Labute approximate surface area is 600 Å². The van der Waals surface area contributed by atoms with E-state index in [4.69, 9.17) is 0 Å². The van der Waals surface area contributed by atoms with Gasteiger partial charge in [-0.15, -0.1) is 0 Å². The van der Waals surface area contributed by atoms with Crippen molar-refractivity contribution < 1.29 is 0 Å². The van der Waals surface area contributed by atoms with Gasteiger partial charge in [0.05, 0.1) is 5.52 Å². The molecule has 5 nitrogen and oxygen atoms in total. The van der Waals surface area contributed by atoms with Gasteiger partial charge in [-0.2, -0.15) is 0 Å². The first-order valence-electron chi connectivity index (χ1n) is 38.2. The molecule has 0 radical (unpaired) electrons. The number of hydrogen-bond acceptors (Lipinski definition) is 2. The van der Waals surface area contributed by atoms with Gasteiger partial charge in [0.2, 0.25) is 6.71 Å². The predicted molar refractivity (Wildman–Crippen MR) is 462 cm³/mol. The van der Waals surface area contributed by atoms with E-state index in [0.717, 1.165) is 37.3 Å². The van der Waals surface area contributed by atoms with Crippen LogP contribution in [-0.2, 0) is 0 Å². The fourth-order valence-electron chi connectivity index (χ4n) is 26.2. The second kappa shape index (κ2) is 18.2. The second-order valence-electron chi connectivity index (χ2n) is 33.1. The molecule has 0 aliphatic carbocycles. The normalized spacial score (nSPS) is 18.1. The summed E-state index contributed by atoms with van der Waals surface area (Å²) in [5, 5.41) is 20.5. The maximum absolute atomic E-state index is 4.32. The summed E-state index contributed by atoms with van der Waals surface area (Å²) in [7, 11) is 0.470. The van der Waals surface area contributed by atoms with Crippen LogP contribution in [0.1, 0.15) is 5.56 Å². The average Bonchev–Trinajstić information content (AvgIpc) is 1.37. The van der Waals surface area contributed by atoms with Gasteiger partial charge in [-0.3, -0.25) is 0 Å². The molecule has 17 aromatic rings. The minimum absolute atomic E-state index is 0.217. The molecule has 3 aromatic heterocycles. The monoisotopic (exact) mass is 1330 g/mol. The van der Waals surface area contributed by atoms with Crippen molar-refractivity contribution in [1.29, 1.82) is 0 Å². The fraction of sp³-hybridized carbons (Fsp3) is 0.0118. The summed E-state index contributed by atoms with van der Waals surface area (Å²) in [4.78, 5) is 0. The van der Waals surface area contributed by atoms with Gasteiger partial charge in [-0.1, -0.05) is 78.3 Å². The Balaban J connectivity index is 0.0000000880. The first-order valence-corrected chi connectivity index (χ1v) is 43.1. The standard InChI is InChI=1S/2C30H21B5N2P.C25H16BN/c1-2-9-19(10-3-1)36-38(33-31-34(38)35(33)38)27-18-8-16-25-28(27)22-13-6-15-24-30(22)37(25)26-17-7-12-21-20-11-4-5-14-23(20)32(24)29(21)26;1-2-8-19(9-3-1)36-38(33-31-34(38)35(33)38)20-16-17-27-24(18-20)23-12-6-14-26-30(23)37(27)28-15-7-11-22-21-10-4-5-13-25(21)32(26)29(22)28;1-15-13-14-18-16-7-2-4-10-20(16)26-21-11-6-9-19-17-8-3-5-12-22(17)27(25(19)21)24(15)23(18)26/h2*1-18,36H,31H2;2-14H,1H3/q2*-1;. The van der Waals surface area contributed by atoms with Crippen LogP contribution in [0.25, 0.3) is 116 Å². The molecule has 468 valence electrons. The number of nitrogens with zero attached hydrogens (tertiary/aromatic N) is 3. The first-order chi connectivity index (χ1) is 51.0. The van der Waals surface area contributed by atoms with E-state index in [0.29, 0.717) is 20.1 Å². The van der Waals surface area contributed by atoms with E-state index in [-0.39, 0.29) is 14.1 Å². The van der Waals surface area contributed by atoms with Crippen LogP contribution in [0.3, 0.4) is 0 Å². The third-order valence-corrected chi connectivity index (χ3v) is 47.2. The minimum atomic E-state index is -2.06. The summed E-state index contributed by atoms with van der Waals surface area (Å²) >= 11 is 0. The Morgan fingerprint density at radius 2 is 0.728 bits per heavy atom. The number of aromatic nitrogens is 3. The summed E-state index contributed by atoms with van der Waals surface area (Å²) < 4.78 is 7.75. The number of hydrogen-bond donors (Lipinski definition) is 2. The van der Waals surface area contributed by atoms with Crippen molar-refractivity contribution in [2.75, 3.05) is 10.2 Å². The molecule has 14 aliphatic rings.